The van der Waals surface area contributed by atoms with Crippen molar-refractivity contribution < 1.29 is 4.92 Å². The zero-order valence-corrected chi connectivity index (χ0v) is 7.64. The second-order valence-electron chi connectivity index (χ2n) is 3.13. The first-order valence-electron chi connectivity index (χ1n) is 4.14. The van der Waals surface area contributed by atoms with E-state index in [-0.39, 0.29) is 5.82 Å². The summed E-state index contributed by atoms with van der Waals surface area (Å²) in [6.45, 7) is 3.30. The van der Waals surface area contributed by atoms with Gasteiger partial charge >= 0.3 is 0 Å². The summed E-state index contributed by atoms with van der Waals surface area (Å²) in [5, 5.41) is 10.1. The van der Waals surface area contributed by atoms with Gasteiger partial charge in [0.15, 0.2) is 5.82 Å². The Hall–Kier alpha value is -1.30. The smallest absolute Gasteiger partial charge is 0.274 e. The van der Waals surface area contributed by atoms with Gasteiger partial charge in [-0.1, -0.05) is 0 Å². The third kappa shape index (κ3) is 2.90. The molecule has 0 aromatic carbocycles. The zero-order valence-electron chi connectivity index (χ0n) is 7.64. The summed E-state index contributed by atoms with van der Waals surface area (Å²) >= 11 is 0. The van der Waals surface area contributed by atoms with Crippen molar-refractivity contribution in [3.63, 3.8) is 0 Å². The lowest BCUT2D eigenvalue weighted by molar-refractivity contribution is -0.404. The standard InChI is InChI=1S/C7H14N4O2/c1-9-2-4-10(5-3-9)7(8)6-11(12)13/h6H,2-5,8H2,1H3/b7-6+. The van der Waals surface area contributed by atoms with Crippen molar-refractivity contribution in [3.05, 3.63) is 22.1 Å². The van der Waals surface area contributed by atoms with Crippen molar-refractivity contribution in [2.75, 3.05) is 33.2 Å². The number of likely N-dealkylation sites (N-methyl/N-ethyl adjacent to an activating group) is 1. The fraction of sp³-hybridized carbons (Fsp3) is 0.714. The van der Waals surface area contributed by atoms with E-state index in [1.165, 1.54) is 0 Å². The molecule has 74 valence electrons. The molecule has 0 aliphatic carbocycles. The van der Waals surface area contributed by atoms with E-state index in [0.29, 0.717) is 0 Å². The van der Waals surface area contributed by atoms with Gasteiger partial charge in [-0.15, -0.1) is 0 Å². The molecule has 0 bridgehead atoms. The first kappa shape index (κ1) is 9.79. The lowest BCUT2D eigenvalue weighted by Crippen LogP contribution is -2.45. The van der Waals surface area contributed by atoms with E-state index in [4.69, 9.17) is 5.73 Å². The molecule has 1 aliphatic heterocycles. The Kier molecular flexibility index (Phi) is 3.07. The molecule has 0 radical (unpaired) electrons. The van der Waals surface area contributed by atoms with Gasteiger partial charge < -0.3 is 15.5 Å². The number of hydrogen-bond acceptors (Lipinski definition) is 5. The highest BCUT2D eigenvalue weighted by molar-refractivity contribution is 4.92. The molecule has 0 aromatic rings. The predicted molar refractivity (Wildman–Crippen MR) is 48.3 cm³/mol. The molecule has 0 amide bonds. The number of hydrogen-bond donors (Lipinski definition) is 1. The number of piperazine rings is 1. The van der Waals surface area contributed by atoms with Crippen LogP contribution < -0.4 is 5.73 Å². The average molecular weight is 186 g/mol. The van der Waals surface area contributed by atoms with Crippen LogP contribution in [0.5, 0.6) is 0 Å². The lowest BCUT2D eigenvalue weighted by atomic mass is 10.3. The first-order valence-corrected chi connectivity index (χ1v) is 4.14. The van der Waals surface area contributed by atoms with Crippen LogP contribution in [0.1, 0.15) is 0 Å². The summed E-state index contributed by atoms with van der Waals surface area (Å²) in [7, 11) is 2.02. The third-order valence-corrected chi connectivity index (χ3v) is 2.11. The molecule has 13 heavy (non-hydrogen) atoms. The fourth-order valence-corrected chi connectivity index (χ4v) is 1.25. The minimum absolute atomic E-state index is 0.248. The fourth-order valence-electron chi connectivity index (χ4n) is 1.25. The molecule has 0 aromatic heterocycles. The number of rotatable bonds is 2. The Bertz CT molecular complexity index is 221. The van der Waals surface area contributed by atoms with E-state index in [9.17, 15) is 10.1 Å². The highest BCUT2D eigenvalue weighted by atomic mass is 16.6. The molecule has 1 saturated heterocycles. The van der Waals surface area contributed by atoms with Crippen LogP contribution in [-0.4, -0.2) is 47.9 Å². The molecule has 6 heteroatoms. The highest BCUT2D eigenvalue weighted by Gasteiger charge is 2.15. The monoisotopic (exact) mass is 186 g/mol. The Balaban J connectivity index is 2.49. The molecule has 1 rings (SSSR count). The van der Waals surface area contributed by atoms with E-state index in [1.54, 1.807) is 0 Å². The number of nitrogens with zero attached hydrogens (tertiary/aromatic N) is 3. The van der Waals surface area contributed by atoms with Gasteiger partial charge in [0.05, 0.1) is 4.92 Å². The molecule has 1 fully saturated rings. The van der Waals surface area contributed by atoms with Gasteiger partial charge in [0, 0.05) is 26.2 Å². The second kappa shape index (κ2) is 4.08. The summed E-state index contributed by atoms with van der Waals surface area (Å²) < 4.78 is 0. The molecule has 2 N–H and O–H groups in total. The van der Waals surface area contributed by atoms with E-state index in [0.717, 1.165) is 32.4 Å². The van der Waals surface area contributed by atoms with E-state index >= 15 is 0 Å². The Morgan fingerprint density at radius 1 is 1.46 bits per heavy atom. The quantitative estimate of drug-likeness (QED) is 0.454. The van der Waals surface area contributed by atoms with Gasteiger partial charge in [0.2, 0.25) is 0 Å². The van der Waals surface area contributed by atoms with Crippen LogP contribution in [0.4, 0.5) is 0 Å². The van der Waals surface area contributed by atoms with Gasteiger partial charge in [-0.3, -0.25) is 10.1 Å². The Labute approximate surface area is 76.7 Å². The van der Waals surface area contributed by atoms with Gasteiger partial charge in [0.25, 0.3) is 6.20 Å². The first-order chi connectivity index (χ1) is 6.09. The van der Waals surface area contributed by atoms with Gasteiger partial charge in [-0.2, -0.15) is 0 Å². The number of nitrogens with two attached hydrogens (primary N) is 1. The van der Waals surface area contributed by atoms with Crippen molar-refractivity contribution in [1.82, 2.24) is 9.80 Å². The van der Waals surface area contributed by atoms with Crippen LogP contribution in [0, 0.1) is 10.1 Å². The molecule has 0 unspecified atom stereocenters. The van der Waals surface area contributed by atoms with Gasteiger partial charge in [0.1, 0.15) is 0 Å². The number of nitro groups is 1. The minimum atomic E-state index is -0.520. The van der Waals surface area contributed by atoms with Crippen LogP contribution in [0.2, 0.25) is 0 Å². The average Bonchev–Trinajstić information content (AvgIpc) is 2.04. The van der Waals surface area contributed by atoms with Crippen LogP contribution in [0.15, 0.2) is 12.0 Å². The van der Waals surface area contributed by atoms with E-state index in [2.05, 4.69) is 4.90 Å². The van der Waals surface area contributed by atoms with E-state index < -0.39 is 4.92 Å². The maximum atomic E-state index is 10.1. The minimum Gasteiger partial charge on any atom is -0.380 e. The second-order valence-corrected chi connectivity index (χ2v) is 3.13. The molecule has 6 nitrogen and oxygen atoms in total. The SMILES string of the molecule is CN1CCN(/C(N)=C/[N+](=O)[O-])CC1. The summed E-state index contributed by atoms with van der Waals surface area (Å²) in [6.07, 6.45) is 0.852. The van der Waals surface area contributed by atoms with Crippen LogP contribution in [-0.2, 0) is 0 Å². The van der Waals surface area contributed by atoms with E-state index in [1.807, 2.05) is 11.9 Å². The molecular weight excluding hydrogens is 172 g/mol. The lowest BCUT2D eigenvalue weighted by Gasteiger charge is -2.32. The van der Waals surface area contributed by atoms with Crippen molar-refractivity contribution in [2.24, 2.45) is 5.73 Å². The normalized spacial score (nSPS) is 20.4. The molecular formula is C7H14N4O2. The topological polar surface area (TPSA) is 75.6 Å². The van der Waals surface area contributed by atoms with Gasteiger partial charge in [-0.05, 0) is 7.05 Å². The van der Waals surface area contributed by atoms with Crippen molar-refractivity contribution in [3.8, 4) is 0 Å². The van der Waals surface area contributed by atoms with Crippen LogP contribution >= 0.6 is 0 Å². The molecule has 0 saturated carbocycles. The highest BCUT2D eigenvalue weighted by Crippen LogP contribution is 2.03. The van der Waals surface area contributed by atoms with Crippen LogP contribution in [0.25, 0.3) is 0 Å². The molecule has 1 heterocycles. The maximum Gasteiger partial charge on any atom is 0.274 e. The van der Waals surface area contributed by atoms with Crippen LogP contribution in [0.3, 0.4) is 0 Å². The predicted octanol–water partition coefficient (Wildman–Crippen LogP) is -0.732. The Morgan fingerprint density at radius 2 is 2.00 bits per heavy atom. The van der Waals surface area contributed by atoms with Crippen molar-refractivity contribution in [1.29, 1.82) is 0 Å². The molecule has 0 spiro atoms. The summed E-state index contributed by atoms with van der Waals surface area (Å²) in [4.78, 5) is 13.6. The van der Waals surface area contributed by atoms with Crippen molar-refractivity contribution in [2.45, 2.75) is 0 Å². The van der Waals surface area contributed by atoms with Gasteiger partial charge in [-0.25, -0.2) is 0 Å². The zero-order chi connectivity index (χ0) is 9.84. The van der Waals surface area contributed by atoms with Crippen molar-refractivity contribution >= 4 is 0 Å². The molecule has 0 atom stereocenters. The summed E-state index contributed by atoms with van der Waals surface area (Å²) in [5.74, 6) is 0.248. The third-order valence-electron chi connectivity index (χ3n) is 2.11. The Morgan fingerprint density at radius 3 is 2.46 bits per heavy atom. The maximum absolute atomic E-state index is 10.1. The summed E-state index contributed by atoms with van der Waals surface area (Å²) in [5.41, 5.74) is 5.52. The largest absolute Gasteiger partial charge is 0.380 e. The summed E-state index contributed by atoms with van der Waals surface area (Å²) in [6, 6.07) is 0. The molecule has 1 aliphatic rings.